The number of hydrogen-bond donors (Lipinski definition) is 4. The van der Waals surface area contributed by atoms with Crippen LogP contribution < -0.4 is 21.7 Å². The van der Waals surface area contributed by atoms with Gasteiger partial charge in [0.25, 0.3) is 5.91 Å². The number of amides is 3. The third kappa shape index (κ3) is 4.75. The highest BCUT2D eigenvalue weighted by Crippen LogP contribution is 2.18. The topological polar surface area (TPSA) is 96.2 Å². The van der Waals surface area contributed by atoms with E-state index in [1.54, 1.807) is 0 Å². The Morgan fingerprint density at radius 3 is 2.46 bits per heavy atom. The highest BCUT2D eigenvalue weighted by atomic mass is 19.1. The molecular weight excluding hydrogens is 318 g/mol. The lowest BCUT2D eigenvalue weighted by Gasteiger charge is -2.12. The molecule has 0 bridgehead atoms. The van der Waals surface area contributed by atoms with Crippen LogP contribution in [0.4, 0.5) is 25.0 Å². The van der Waals surface area contributed by atoms with Gasteiger partial charge in [-0.15, -0.1) is 0 Å². The third-order valence-corrected chi connectivity index (χ3v) is 2.99. The predicted octanol–water partition coefficient (Wildman–Crippen LogP) is 2.30. The second-order valence-corrected chi connectivity index (χ2v) is 4.82. The van der Waals surface area contributed by atoms with Crippen molar-refractivity contribution in [1.82, 2.24) is 5.32 Å². The maximum absolute atomic E-state index is 13.4. The summed E-state index contributed by atoms with van der Waals surface area (Å²) >= 11 is 0. The fourth-order valence-electron chi connectivity index (χ4n) is 1.95. The van der Waals surface area contributed by atoms with Crippen LogP contribution in [0.5, 0.6) is 0 Å². The lowest BCUT2D eigenvalue weighted by Crippen LogP contribution is -2.30. The molecular formula is C16H16F2N4O2. The van der Waals surface area contributed by atoms with Gasteiger partial charge >= 0.3 is 6.03 Å². The Hall–Kier alpha value is -3.00. The molecule has 0 spiro atoms. The highest BCUT2D eigenvalue weighted by molar-refractivity contribution is 6.06. The maximum atomic E-state index is 13.4. The molecule has 0 fully saturated rings. The summed E-state index contributed by atoms with van der Waals surface area (Å²) in [5, 5.41) is 7.30. The van der Waals surface area contributed by atoms with Gasteiger partial charge in [-0.25, -0.2) is 13.6 Å². The van der Waals surface area contributed by atoms with Crippen molar-refractivity contribution >= 4 is 23.3 Å². The average Bonchev–Trinajstić information content (AvgIpc) is 2.52. The van der Waals surface area contributed by atoms with Gasteiger partial charge in [0.2, 0.25) is 0 Å². The molecule has 24 heavy (non-hydrogen) atoms. The van der Waals surface area contributed by atoms with Crippen molar-refractivity contribution in [3.63, 3.8) is 0 Å². The smallest absolute Gasteiger partial charge is 0.323 e. The molecule has 0 saturated heterocycles. The van der Waals surface area contributed by atoms with Gasteiger partial charge in [0.1, 0.15) is 11.6 Å². The van der Waals surface area contributed by atoms with Crippen LogP contribution in [0.25, 0.3) is 0 Å². The third-order valence-electron chi connectivity index (χ3n) is 2.99. The molecule has 6 nitrogen and oxygen atoms in total. The van der Waals surface area contributed by atoms with E-state index in [9.17, 15) is 18.4 Å². The van der Waals surface area contributed by atoms with Crippen LogP contribution in [-0.2, 0) is 0 Å². The van der Waals surface area contributed by atoms with E-state index in [4.69, 9.17) is 5.73 Å². The van der Waals surface area contributed by atoms with E-state index in [0.717, 1.165) is 18.2 Å². The Morgan fingerprint density at radius 2 is 1.75 bits per heavy atom. The second-order valence-electron chi connectivity index (χ2n) is 4.82. The predicted molar refractivity (Wildman–Crippen MR) is 86.8 cm³/mol. The van der Waals surface area contributed by atoms with Crippen LogP contribution in [0.2, 0.25) is 0 Å². The number of benzene rings is 2. The van der Waals surface area contributed by atoms with Crippen LogP contribution in [0.1, 0.15) is 10.4 Å². The summed E-state index contributed by atoms with van der Waals surface area (Å²) < 4.78 is 26.5. The Labute approximate surface area is 137 Å². The van der Waals surface area contributed by atoms with Gasteiger partial charge in [-0.2, -0.15) is 0 Å². The molecule has 0 atom stereocenters. The highest BCUT2D eigenvalue weighted by Gasteiger charge is 2.14. The summed E-state index contributed by atoms with van der Waals surface area (Å²) in [6.07, 6.45) is 0. The summed E-state index contributed by atoms with van der Waals surface area (Å²) in [5.41, 5.74) is 5.60. The molecule has 0 saturated carbocycles. The molecule has 2 rings (SSSR count). The monoisotopic (exact) mass is 334 g/mol. The molecule has 5 N–H and O–H groups in total. The van der Waals surface area contributed by atoms with Crippen molar-refractivity contribution in [3.05, 3.63) is 59.7 Å². The van der Waals surface area contributed by atoms with E-state index < -0.39 is 23.6 Å². The first-order valence-electron chi connectivity index (χ1n) is 7.11. The minimum absolute atomic E-state index is 0.0153. The summed E-state index contributed by atoms with van der Waals surface area (Å²) in [7, 11) is 0. The Balaban J connectivity index is 2.14. The molecule has 0 heterocycles. The number of carbonyl (C=O) groups excluding carboxylic acids is 2. The number of carbonyl (C=O) groups is 2. The Bertz CT molecular complexity index is 753. The molecule has 2 aromatic rings. The molecule has 3 amide bonds. The second kappa shape index (κ2) is 8.02. The number of nitrogens with two attached hydrogens (primary N) is 1. The standard InChI is InChI=1S/C16H16F2N4O2/c17-10-2-1-3-12(8-10)21-16(24)22-14-9-11(18)4-5-13(14)15(23)20-7-6-19/h1-5,8-9H,6-7,19H2,(H,20,23)(H2,21,22,24). The van der Waals surface area contributed by atoms with Gasteiger partial charge in [-0.1, -0.05) is 6.07 Å². The summed E-state index contributed by atoms with van der Waals surface area (Å²) in [6, 6.07) is 7.91. The van der Waals surface area contributed by atoms with Crippen LogP contribution in [0, 0.1) is 11.6 Å². The van der Waals surface area contributed by atoms with Crippen LogP contribution in [0.3, 0.4) is 0 Å². The largest absolute Gasteiger partial charge is 0.351 e. The first-order chi connectivity index (χ1) is 11.5. The van der Waals surface area contributed by atoms with E-state index in [0.29, 0.717) is 0 Å². The lowest BCUT2D eigenvalue weighted by molar-refractivity contribution is 0.0955. The number of hydrogen-bond acceptors (Lipinski definition) is 3. The minimum Gasteiger partial charge on any atom is -0.351 e. The minimum atomic E-state index is -0.737. The first-order valence-corrected chi connectivity index (χ1v) is 7.11. The average molecular weight is 334 g/mol. The lowest BCUT2D eigenvalue weighted by atomic mass is 10.1. The molecule has 8 heteroatoms. The van der Waals surface area contributed by atoms with Gasteiger partial charge in [0.05, 0.1) is 11.3 Å². The normalized spacial score (nSPS) is 10.1. The Morgan fingerprint density at radius 1 is 1.00 bits per heavy atom. The van der Waals surface area contributed by atoms with E-state index in [2.05, 4.69) is 16.0 Å². The number of nitrogens with one attached hydrogen (secondary N) is 3. The van der Waals surface area contributed by atoms with Crippen molar-refractivity contribution in [3.8, 4) is 0 Å². The van der Waals surface area contributed by atoms with Crippen LogP contribution >= 0.6 is 0 Å². The number of halogens is 2. The van der Waals surface area contributed by atoms with Crippen molar-refractivity contribution in [2.45, 2.75) is 0 Å². The fourth-order valence-corrected chi connectivity index (χ4v) is 1.95. The molecule has 0 radical (unpaired) electrons. The number of anilines is 2. The molecule has 0 aliphatic carbocycles. The van der Waals surface area contributed by atoms with E-state index >= 15 is 0 Å². The van der Waals surface area contributed by atoms with Gasteiger partial charge in [0, 0.05) is 18.8 Å². The Kier molecular flexibility index (Phi) is 5.80. The molecule has 0 unspecified atom stereocenters. The zero-order valence-electron chi connectivity index (χ0n) is 12.6. The van der Waals surface area contributed by atoms with Gasteiger partial charge < -0.3 is 21.7 Å². The molecule has 0 aliphatic rings. The SMILES string of the molecule is NCCNC(=O)c1ccc(F)cc1NC(=O)Nc1cccc(F)c1. The van der Waals surface area contributed by atoms with Crippen molar-refractivity contribution < 1.29 is 18.4 Å². The molecule has 0 aromatic heterocycles. The van der Waals surface area contributed by atoms with Crippen LogP contribution in [0.15, 0.2) is 42.5 Å². The zero-order valence-corrected chi connectivity index (χ0v) is 12.6. The summed E-state index contributed by atoms with van der Waals surface area (Å²) in [6.45, 7) is 0.487. The van der Waals surface area contributed by atoms with Crippen molar-refractivity contribution in [2.24, 2.45) is 5.73 Å². The first kappa shape index (κ1) is 17.4. The summed E-state index contributed by atoms with van der Waals surface area (Å²) in [4.78, 5) is 24.0. The van der Waals surface area contributed by atoms with E-state index in [1.165, 1.54) is 24.3 Å². The maximum Gasteiger partial charge on any atom is 0.323 e. The van der Waals surface area contributed by atoms with E-state index in [-0.39, 0.29) is 30.0 Å². The summed E-state index contributed by atoms with van der Waals surface area (Å²) in [5.74, 6) is -1.63. The quantitative estimate of drug-likeness (QED) is 0.675. The zero-order chi connectivity index (χ0) is 17.5. The number of rotatable bonds is 5. The molecule has 0 aliphatic heterocycles. The van der Waals surface area contributed by atoms with Crippen LogP contribution in [-0.4, -0.2) is 25.0 Å². The van der Waals surface area contributed by atoms with Gasteiger partial charge in [0.15, 0.2) is 0 Å². The molecule has 126 valence electrons. The fraction of sp³-hybridized carbons (Fsp3) is 0.125. The van der Waals surface area contributed by atoms with Gasteiger partial charge in [-0.05, 0) is 36.4 Å². The van der Waals surface area contributed by atoms with Gasteiger partial charge in [-0.3, -0.25) is 4.79 Å². The van der Waals surface area contributed by atoms with Crippen molar-refractivity contribution in [1.29, 1.82) is 0 Å². The number of urea groups is 1. The van der Waals surface area contributed by atoms with Crippen molar-refractivity contribution in [2.75, 3.05) is 23.7 Å². The molecule has 2 aromatic carbocycles. The van der Waals surface area contributed by atoms with E-state index in [1.807, 2.05) is 0 Å².